The van der Waals surface area contributed by atoms with Crippen LogP contribution in [0.2, 0.25) is 0 Å². The second-order valence-corrected chi connectivity index (χ2v) is 5.95. The van der Waals surface area contributed by atoms with Crippen LogP contribution in [0.5, 0.6) is 0 Å². The van der Waals surface area contributed by atoms with Gasteiger partial charge in [-0.05, 0) is 43.9 Å². The molecule has 0 heterocycles. The molecule has 3 atom stereocenters. The molecule has 0 spiro atoms. The predicted molar refractivity (Wildman–Crippen MR) is 73.4 cm³/mol. The Hall–Kier alpha value is -0.340. The van der Waals surface area contributed by atoms with E-state index in [1.54, 1.807) is 5.57 Å². The molecule has 0 radical (unpaired) electrons. The molecule has 2 nitrogen and oxygen atoms in total. The molecule has 2 aliphatic carbocycles. The average molecular weight is 236 g/mol. The zero-order valence-corrected chi connectivity index (χ0v) is 11.3. The van der Waals surface area contributed by atoms with Crippen molar-refractivity contribution < 1.29 is 0 Å². The van der Waals surface area contributed by atoms with Gasteiger partial charge in [-0.25, -0.2) is 0 Å². The molecule has 3 N–H and O–H groups in total. The van der Waals surface area contributed by atoms with E-state index in [0.717, 1.165) is 11.8 Å². The molecule has 3 unspecified atom stereocenters. The third-order valence-electron chi connectivity index (χ3n) is 4.76. The van der Waals surface area contributed by atoms with E-state index >= 15 is 0 Å². The molecule has 0 aromatic heterocycles. The van der Waals surface area contributed by atoms with Crippen LogP contribution >= 0.6 is 0 Å². The minimum absolute atomic E-state index is 0.450. The number of hydrogen-bond acceptors (Lipinski definition) is 2. The van der Waals surface area contributed by atoms with E-state index in [4.69, 9.17) is 5.84 Å². The van der Waals surface area contributed by atoms with E-state index in [-0.39, 0.29) is 0 Å². The molecule has 0 saturated heterocycles. The highest BCUT2D eigenvalue weighted by molar-refractivity contribution is 5.14. The van der Waals surface area contributed by atoms with Gasteiger partial charge in [-0.2, -0.15) is 0 Å². The molecule has 1 fully saturated rings. The van der Waals surface area contributed by atoms with Crippen LogP contribution in [0.25, 0.3) is 0 Å². The van der Waals surface area contributed by atoms with E-state index < -0.39 is 0 Å². The number of nitrogens with two attached hydrogens (primary N) is 1. The van der Waals surface area contributed by atoms with Gasteiger partial charge in [-0.15, -0.1) is 0 Å². The first-order valence-corrected chi connectivity index (χ1v) is 7.48. The van der Waals surface area contributed by atoms with Crippen LogP contribution < -0.4 is 11.3 Å². The Bertz CT molecular complexity index is 260. The summed E-state index contributed by atoms with van der Waals surface area (Å²) in [4.78, 5) is 0. The summed E-state index contributed by atoms with van der Waals surface area (Å²) in [5.74, 6) is 7.45. The van der Waals surface area contributed by atoms with Crippen molar-refractivity contribution >= 4 is 0 Å². The summed E-state index contributed by atoms with van der Waals surface area (Å²) in [6, 6.07) is 0.450. The fourth-order valence-corrected chi connectivity index (χ4v) is 3.67. The first-order valence-electron chi connectivity index (χ1n) is 7.48. The second-order valence-electron chi connectivity index (χ2n) is 5.95. The van der Waals surface area contributed by atoms with Gasteiger partial charge in [0.05, 0.1) is 0 Å². The SMILES string of the molecule is CC1CCCC1C(NN)C1=CCCCCCC1. The summed E-state index contributed by atoms with van der Waals surface area (Å²) in [6.07, 6.45) is 14.6. The van der Waals surface area contributed by atoms with Crippen LogP contribution in [-0.2, 0) is 0 Å². The van der Waals surface area contributed by atoms with Crippen molar-refractivity contribution in [3.05, 3.63) is 11.6 Å². The van der Waals surface area contributed by atoms with Crippen molar-refractivity contribution in [2.24, 2.45) is 17.7 Å². The summed E-state index contributed by atoms with van der Waals surface area (Å²) in [6.45, 7) is 2.39. The first-order chi connectivity index (χ1) is 8.33. The van der Waals surface area contributed by atoms with Crippen molar-refractivity contribution in [3.63, 3.8) is 0 Å². The zero-order chi connectivity index (χ0) is 12.1. The molecule has 17 heavy (non-hydrogen) atoms. The van der Waals surface area contributed by atoms with Crippen LogP contribution in [0.4, 0.5) is 0 Å². The van der Waals surface area contributed by atoms with E-state index in [9.17, 15) is 0 Å². The van der Waals surface area contributed by atoms with Gasteiger partial charge >= 0.3 is 0 Å². The molecule has 1 saturated carbocycles. The summed E-state index contributed by atoms with van der Waals surface area (Å²) in [5, 5.41) is 0. The van der Waals surface area contributed by atoms with Crippen molar-refractivity contribution in [2.75, 3.05) is 0 Å². The zero-order valence-electron chi connectivity index (χ0n) is 11.3. The number of hydrogen-bond donors (Lipinski definition) is 2. The topological polar surface area (TPSA) is 38.0 Å². The number of nitrogens with one attached hydrogen (secondary N) is 1. The second kappa shape index (κ2) is 6.55. The highest BCUT2D eigenvalue weighted by Crippen LogP contribution is 2.37. The van der Waals surface area contributed by atoms with Gasteiger partial charge in [0.25, 0.3) is 0 Å². The van der Waals surface area contributed by atoms with Crippen LogP contribution in [0, 0.1) is 11.8 Å². The first kappa shape index (κ1) is 13.1. The summed E-state index contributed by atoms with van der Waals surface area (Å²) in [7, 11) is 0. The van der Waals surface area contributed by atoms with Crippen molar-refractivity contribution in [1.29, 1.82) is 0 Å². The highest BCUT2D eigenvalue weighted by Gasteiger charge is 2.32. The summed E-state index contributed by atoms with van der Waals surface area (Å²) in [5.41, 5.74) is 4.73. The molecular formula is C15H28N2. The molecule has 0 aliphatic heterocycles. The third kappa shape index (κ3) is 3.32. The molecule has 2 heteroatoms. The number of allylic oxidation sites excluding steroid dienone is 1. The Morgan fingerprint density at radius 1 is 1.18 bits per heavy atom. The van der Waals surface area contributed by atoms with Gasteiger partial charge in [-0.3, -0.25) is 11.3 Å². The quantitative estimate of drug-likeness (QED) is 0.447. The Morgan fingerprint density at radius 2 is 2.00 bits per heavy atom. The average Bonchev–Trinajstić information content (AvgIpc) is 2.69. The number of rotatable bonds is 3. The van der Waals surface area contributed by atoms with E-state index in [0.29, 0.717) is 6.04 Å². The van der Waals surface area contributed by atoms with E-state index in [2.05, 4.69) is 18.4 Å². The van der Waals surface area contributed by atoms with Crippen molar-refractivity contribution in [2.45, 2.75) is 70.8 Å². The van der Waals surface area contributed by atoms with Gasteiger partial charge in [0.15, 0.2) is 0 Å². The molecule has 0 aromatic carbocycles. The highest BCUT2D eigenvalue weighted by atomic mass is 15.2. The van der Waals surface area contributed by atoms with Crippen LogP contribution in [0.15, 0.2) is 11.6 Å². The summed E-state index contributed by atoms with van der Waals surface area (Å²) >= 11 is 0. The lowest BCUT2D eigenvalue weighted by molar-refractivity contribution is 0.322. The van der Waals surface area contributed by atoms with Gasteiger partial charge in [0.1, 0.15) is 0 Å². The normalized spacial score (nSPS) is 32.7. The molecular weight excluding hydrogens is 208 g/mol. The fourth-order valence-electron chi connectivity index (χ4n) is 3.67. The van der Waals surface area contributed by atoms with Gasteiger partial charge in [0.2, 0.25) is 0 Å². The fraction of sp³-hybridized carbons (Fsp3) is 0.867. The largest absolute Gasteiger partial charge is 0.271 e. The molecule has 98 valence electrons. The monoisotopic (exact) mass is 236 g/mol. The van der Waals surface area contributed by atoms with Gasteiger partial charge in [0, 0.05) is 6.04 Å². The van der Waals surface area contributed by atoms with Crippen LogP contribution in [0.3, 0.4) is 0 Å². The van der Waals surface area contributed by atoms with Gasteiger partial charge < -0.3 is 0 Å². The Morgan fingerprint density at radius 3 is 2.71 bits per heavy atom. The maximum Gasteiger partial charge on any atom is 0.0450 e. The molecule has 2 rings (SSSR count). The van der Waals surface area contributed by atoms with Crippen molar-refractivity contribution in [1.82, 2.24) is 5.43 Å². The maximum absolute atomic E-state index is 5.84. The Balaban J connectivity index is 2.04. The Labute approximate surface area is 106 Å². The lowest BCUT2D eigenvalue weighted by atomic mass is 9.83. The number of hydrazine groups is 1. The standard InChI is InChI=1S/C15H28N2/c1-12-8-7-11-14(12)15(17-16)13-9-5-3-2-4-6-10-13/h9,12,14-15,17H,2-8,10-11,16H2,1H3. The smallest absolute Gasteiger partial charge is 0.0450 e. The third-order valence-corrected chi connectivity index (χ3v) is 4.76. The maximum atomic E-state index is 5.84. The van der Waals surface area contributed by atoms with E-state index in [1.165, 1.54) is 57.8 Å². The lowest BCUT2D eigenvalue weighted by Gasteiger charge is -2.29. The van der Waals surface area contributed by atoms with Crippen LogP contribution in [0.1, 0.15) is 64.7 Å². The molecule has 0 amide bonds. The summed E-state index contributed by atoms with van der Waals surface area (Å²) < 4.78 is 0. The molecule has 0 aromatic rings. The minimum Gasteiger partial charge on any atom is -0.271 e. The van der Waals surface area contributed by atoms with Crippen LogP contribution in [-0.4, -0.2) is 6.04 Å². The van der Waals surface area contributed by atoms with E-state index in [1.807, 2.05) is 0 Å². The minimum atomic E-state index is 0.450. The predicted octanol–water partition coefficient (Wildman–Crippen LogP) is 3.54. The Kier molecular flexibility index (Phi) is 5.05. The molecule has 2 aliphatic rings. The van der Waals surface area contributed by atoms with Gasteiger partial charge in [-0.1, -0.05) is 44.3 Å². The molecule has 0 bridgehead atoms. The van der Waals surface area contributed by atoms with Crippen molar-refractivity contribution in [3.8, 4) is 0 Å². The lowest BCUT2D eigenvalue weighted by Crippen LogP contribution is -2.43.